The molecule has 0 unspecified atom stereocenters. The molecule has 212 valence electrons. The summed E-state index contributed by atoms with van der Waals surface area (Å²) in [5.41, 5.74) is -3.16. The number of carbonyl (C=O) groups is 3. The minimum absolute atomic E-state index is 0.136. The van der Waals surface area contributed by atoms with E-state index in [1.807, 2.05) is 0 Å². The van der Waals surface area contributed by atoms with Crippen LogP contribution in [0.15, 0.2) is 18.2 Å². The van der Waals surface area contributed by atoms with Gasteiger partial charge in [-0.1, -0.05) is 0 Å². The molecule has 2 aliphatic rings. The molecule has 2 fully saturated rings. The number of hydrogen-bond acceptors (Lipinski definition) is 5. The van der Waals surface area contributed by atoms with Gasteiger partial charge in [-0.2, -0.15) is 13.2 Å². The first-order chi connectivity index (χ1) is 17.7. The fourth-order valence-corrected chi connectivity index (χ4v) is 4.57. The van der Waals surface area contributed by atoms with Crippen LogP contribution < -0.4 is 16.0 Å². The molecule has 0 atom stereocenters. The Morgan fingerprint density at radius 1 is 1.05 bits per heavy atom. The van der Waals surface area contributed by atoms with E-state index >= 15 is 0 Å². The molecule has 1 saturated heterocycles. The Bertz CT molecular complexity index is 1010. The Balaban J connectivity index is 1.37. The number of alkyl carbamates (subject to hydrolysis) is 1. The van der Waals surface area contributed by atoms with Crippen LogP contribution in [0.2, 0.25) is 0 Å². The topological polar surface area (TPSA) is 99.8 Å². The number of nitrogens with one attached hydrogen (secondary N) is 3. The zero-order chi connectivity index (χ0) is 28.1. The summed E-state index contributed by atoms with van der Waals surface area (Å²) in [6.45, 7) is 8.06. The van der Waals surface area contributed by atoms with Crippen molar-refractivity contribution in [2.24, 2.45) is 5.92 Å². The van der Waals surface area contributed by atoms with Gasteiger partial charge in [-0.05, 0) is 90.1 Å². The maximum atomic E-state index is 13.6. The van der Waals surface area contributed by atoms with Crippen molar-refractivity contribution in [2.45, 2.75) is 70.2 Å². The van der Waals surface area contributed by atoms with Crippen LogP contribution in [0.1, 0.15) is 68.8 Å². The van der Waals surface area contributed by atoms with Crippen molar-refractivity contribution < 1.29 is 36.7 Å². The lowest BCUT2D eigenvalue weighted by molar-refractivity contribution is -0.137. The first-order valence-electron chi connectivity index (χ1n) is 12.8. The van der Waals surface area contributed by atoms with E-state index < -0.39 is 40.7 Å². The second-order valence-electron chi connectivity index (χ2n) is 11.0. The molecular formula is C26H36F4N4O4. The molecule has 1 aliphatic heterocycles. The Kier molecular flexibility index (Phi) is 9.27. The Morgan fingerprint density at radius 2 is 1.71 bits per heavy atom. The normalized spacial score (nSPS) is 18.3. The molecule has 1 aliphatic carbocycles. The van der Waals surface area contributed by atoms with Gasteiger partial charge >= 0.3 is 12.3 Å². The summed E-state index contributed by atoms with van der Waals surface area (Å²) in [7, 11) is 0. The van der Waals surface area contributed by atoms with Crippen LogP contribution in [0.5, 0.6) is 0 Å². The maximum absolute atomic E-state index is 13.6. The molecule has 0 spiro atoms. The third-order valence-electron chi connectivity index (χ3n) is 6.84. The second kappa shape index (κ2) is 11.9. The Labute approximate surface area is 219 Å². The van der Waals surface area contributed by atoms with Crippen LogP contribution in [0.25, 0.3) is 0 Å². The number of alkyl halides is 3. The Hall–Kier alpha value is -2.89. The number of halogens is 4. The molecule has 3 N–H and O–H groups in total. The average Bonchev–Trinajstić information content (AvgIpc) is 2.78. The molecule has 12 heteroatoms. The third kappa shape index (κ3) is 8.31. The Morgan fingerprint density at radius 3 is 2.26 bits per heavy atom. The summed E-state index contributed by atoms with van der Waals surface area (Å²) in [5, 5.41) is 8.26. The summed E-state index contributed by atoms with van der Waals surface area (Å²) in [6.07, 6.45) is -1.87. The summed E-state index contributed by atoms with van der Waals surface area (Å²) in [5.74, 6) is -1.95. The number of rotatable bonds is 8. The number of piperidine rings is 1. The highest BCUT2D eigenvalue weighted by Crippen LogP contribution is 2.33. The van der Waals surface area contributed by atoms with Gasteiger partial charge in [0, 0.05) is 25.2 Å². The van der Waals surface area contributed by atoms with Gasteiger partial charge in [0.15, 0.2) is 0 Å². The smallest absolute Gasteiger partial charge is 0.416 e. The summed E-state index contributed by atoms with van der Waals surface area (Å²) >= 11 is 0. The molecule has 3 rings (SSSR count). The zero-order valence-electron chi connectivity index (χ0n) is 22.0. The maximum Gasteiger partial charge on any atom is 0.416 e. The number of amides is 3. The lowest BCUT2D eigenvalue weighted by atomic mass is 9.76. The van der Waals surface area contributed by atoms with E-state index in [0.29, 0.717) is 38.1 Å². The van der Waals surface area contributed by atoms with Gasteiger partial charge in [0.05, 0.1) is 5.56 Å². The molecule has 8 nitrogen and oxygen atoms in total. The molecule has 38 heavy (non-hydrogen) atoms. The van der Waals surface area contributed by atoms with Crippen LogP contribution >= 0.6 is 0 Å². The highest BCUT2D eigenvalue weighted by atomic mass is 19.4. The fourth-order valence-electron chi connectivity index (χ4n) is 4.57. The van der Waals surface area contributed by atoms with Crippen molar-refractivity contribution in [3.05, 3.63) is 35.1 Å². The van der Waals surface area contributed by atoms with Crippen molar-refractivity contribution >= 4 is 17.9 Å². The quantitative estimate of drug-likeness (QED) is 0.432. The largest absolute Gasteiger partial charge is 0.444 e. The van der Waals surface area contributed by atoms with Crippen molar-refractivity contribution in [3.8, 4) is 0 Å². The molecule has 1 aromatic rings. The van der Waals surface area contributed by atoms with Gasteiger partial charge in [-0.25, -0.2) is 9.18 Å². The summed E-state index contributed by atoms with van der Waals surface area (Å²) in [4.78, 5) is 39.4. The van der Waals surface area contributed by atoms with Crippen molar-refractivity contribution in [1.82, 2.24) is 20.9 Å². The van der Waals surface area contributed by atoms with E-state index in [9.17, 15) is 31.9 Å². The molecule has 1 heterocycles. The monoisotopic (exact) mass is 544 g/mol. The zero-order valence-corrected chi connectivity index (χ0v) is 22.0. The number of nitrogens with zero attached hydrogens (tertiary/aromatic N) is 1. The molecule has 1 saturated carbocycles. The van der Waals surface area contributed by atoms with E-state index in [-0.39, 0.29) is 23.9 Å². The lowest BCUT2D eigenvalue weighted by Gasteiger charge is -2.41. The van der Waals surface area contributed by atoms with Gasteiger partial charge in [0.2, 0.25) is 5.91 Å². The second-order valence-corrected chi connectivity index (χ2v) is 11.0. The highest BCUT2D eigenvalue weighted by molar-refractivity contribution is 5.94. The molecule has 3 amide bonds. The molecule has 0 bridgehead atoms. The van der Waals surface area contributed by atoms with Crippen molar-refractivity contribution in [1.29, 1.82) is 0 Å². The van der Waals surface area contributed by atoms with Crippen molar-refractivity contribution in [2.75, 3.05) is 32.7 Å². The molecule has 0 radical (unpaired) electrons. The van der Waals surface area contributed by atoms with Crippen LogP contribution in [0.3, 0.4) is 0 Å². The van der Waals surface area contributed by atoms with Gasteiger partial charge in [-0.3, -0.25) is 9.59 Å². The fraction of sp³-hybridized carbons (Fsp3) is 0.654. The van der Waals surface area contributed by atoms with E-state index in [2.05, 4.69) is 20.9 Å². The minimum Gasteiger partial charge on any atom is -0.444 e. The van der Waals surface area contributed by atoms with E-state index in [0.717, 1.165) is 38.4 Å². The number of likely N-dealkylation sites (tertiary alicyclic amines) is 1. The van der Waals surface area contributed by atoms with E-state index in [1.165, 1.54) is 0 Å². The first kappa shape index (κ1) is 29.7. The number of carbonyl (C=O) groups excluding carboxylic acids is 3. The average molecular weight is 545 g/mol. The number of benzene rings is 1. The van der Waals surface area contributed by atoms with Gasteiger partial charge < -0.3 is 25.6 Å². The highest BCUT2D eigenvalue weighted by Gasteiger charge is 2.46. The first-order valence-corrected chi connectivity index (χ1v) is 12.8. The van der Waals surface area contributed by atoms with Crippen molar-refractivity contribution in [3.63, 3.8) is 0 Å². The van der Waals surface area contributed by atoms with E-state index in [4.69, 9.17) is 4.74 Å². The van der Waals surface area contributed by atoms with Gasteiger partial charge in [-0.15, -0.1) is 0 Å². The van der Waals surface area contributed by atoms with Crippen LogP contribution in [-0.2, 0) is 15.7 Å². The lowest BCUT2D eigenvalue weighted by Crippen LogP contribution is -2.63. The molecule has 1 aromatic carbocycles. The predicted molar refractivity (Wildman–Crippen MR) is 132 cm³/mol. The van der Waals surface area contributed by atoms with Crippen LogP contribution in [0, 0.1) is 11.7 Å². The van der Waals surface area contributed by atoms with E-state index in [1.54, 1.807) is 20.8 Å². The predicted octanol–water partition coefficient (Wildman–Crippen LogP) is 3.85. The standard InChI is InChI=1S/C26H36F4N4O4/c1-24(2,3)38-23(37)33-25(7-4-8-25)22(36)31-9-12-34-10-5-17(6-11-34)16-32-21(35)18-13-19(26(28,29)30)15-20(27)14-18/h13-15,17H,4-12,16H2,1-3H3,(H,31,36)(H,32,35)(H,33,37). The third-order valence-corrected chi connectivity index (χ3v) is 6.84. The van der Waals surface area contributed by atoms with Gasteiger partial charge in [0.25, 0.3) is 5.91 Å². The number of hydrogen-bond donors (Lipinski definition) is 3. The SMILES string of the molecule is CC(C)(C)OC(=O)NC1(C(=O)NCCN2CCC(CNC(=O)c3cc(F)cc(C(F)(F)F)c3)CC2)CCC1. The summed E-state index contributed by atoms with van der Waals surface area (Å²) in [6, 6.07) is 1.79. The molecule has 0 aromatic heterocycles. The summed E-state index contributed by atoms with van der Waals surface area (Å²) < 4.78 is 57.5. The minimum atomic E-state index is -4.74. The van der Waals surface area contributed by atoms with Crippen LogP contribution in [-0.4, -0.2) is 66.7 Å². The number of ether oxygens (including phenoxy) is 1. The molecular weight excluding hydrogens is 508 g/mol. The van der Waals surface area contributed by atoms with Gasteiger partial charge in [0.1, 0.15) is 17.0 Å². The van der Waals surface area contributed by atoms with Crippen LogP contribution in [0.4, 0.5) is 22.4 Å².